The second-order valence-electron chi connectivity index (χ2n) is 5.73. The molecule has 1 saturated heterocycles. The van der Waals surface area contributed by atoms with Crippen molar-refractivity contribution in [1.82, 2.24) is 20.4 Å². The molecule has 0 radical (unpaired) electrons. The lowest BCUT2D eigenvalue weighted by atomic mass is 10.1. The van der Waals surface area contributed by atoms with E-state index in [1.807, 2.05) is 25.3 Å². The molecule has 108 valence electrons. The topological polar surface area (TPSA) is 57.1 Å². The van der Waals surface area contributed by atoms with Gasteiger partial charge < -0.3 is 14.6 Å². The lowest BCUT2D eigenvalue weighted by Gasteiger charge is -2.11. The molecular formula is C15H22N4O. The predicted molar refractivity (Wildman–Crippen MR) is 78.3 cm³/mol. The van der Waals surface area contributed by atoms with Crippen LogP contribution in [-0.2, 0) is 6.54 Å². The first-order valence-corrected chi connectivity index (χ1v) is 7.20. The zero-order valence-corrected chi connectivity index (χ0v) is 12.1. The number of furan rings is 1. The molecule has 1 fully saturated rings. The SMILES string of the molecule is Cc1ccc(-c2[nH]ncc2CNCC2CCN(C)C2)o1. The summed E-state index contributed by atoms with van der Waals surface area (Å²) in [6, 6.07) is 3.96. The van der Waals surface area contributed by atoms with E-state index in [4.69, 9.17) is 4.42 Å². The van der Waals surface area contributed by atoms with Crippen LogP contribution in [0.1, 0.15) is 17.7 Å². The minimum Gasteiger partial charge on any atom is -0.460 e. The lowest BCUT2D eigenvalue weighted by molar-refractivity contribution is 0.388. The minimum atomic E-state index is 0.765. The fourth-order valence-electron chi connectivity index (χ4n) is 2.83. The van der Waals surface area contributed by atoms with E-state index < -0.39 is 0 Å². The van der Waals surface area contributed by atoms with Crippen LogP contribution in [-0.4, -0.2) is 41.8 Å². The van der Waals surface area contributed by atoms with Crippen molar-refractivity contribution in [3.8, 4) is 11.5 Å². The van der Waals surface area contributed by atoms with Gasteiger partial charge in [0, 0.05) is 18.7 Å². The average molecular weight is 274 g/mol. The maximum atomic E-state index is 5.66. The number of hydrogen-bond donors (Lipinski definition) is 2. The standard InChI is InChI=1S/C15H22N4O/c1-11-3-4-14(20-11)15-13(9-17-18-15)8-16-7-12-5-6-19(2)10-12/h3-4,9,12,16H,5-8,10H2,1-2H3,(H,17,18). The van der Waals surface area contributed by atoms with Crippen LogP contribution < -0.4 is 5.32 Å². The first-order chi connectivity index (χ1) is 9.72. The Balaban J connectivity index is 1.57. The van der Waals surface area contributed by atoms with Crippen LogP contribution >= 0.6 is 0 Å². The van der Waals surface area contributed by atoms with Crippen molar-refractivity contribution < 1.29 is 4.42 Å². The summed E-state index contributed by atoms with van der Waals surface area (Å²) in [6.07, 6.45) is 3.17. The van der Waals surface area contributed by atoms with Crippen molar-refractivity contribution in [3.05, 3.63) is 29.7 Å². The third-order valence-electron chi connectivity index (χ3n) is 3.94. The summed E-state index contributed by atoms with van der Waals surface area (Å²) in [6.45, 7) is 6.25. The summed E-state index contributed by atoms with van der Waals surface area (Å²) in [5.41, 5.74) is 2.14. The van der Waals surface area contributed by atoms with Crippen LogP contribution in [0.4, 0.5) is 0 Å². The normalized spacial score (nSPS) is 19.8. The van der Waals surface area contributed by atoms with E-state index in [1.165, 1.54) is 19.5 Å². The maximum Gasteiger partial charge on any atom is 0.152 e. The molecule has 0 bridgehead atoms. The fraction of sp³-hybridized carbons (Fsp3) is 0.533. The highest BCUT2D eigenvalue weighted by atomic mass is 16.3. The molecule has 2 aromatic heterocycles. The van der Waals surface area contributed by atoms with E-state index >= 15 is 0 Å². The molecule has 0 aliphatic carbocycles. The number of aryl methyl sites for hydroxylation is 1. The van der Waals surface area contributed by atoms with Gasteiger partial charge in [-0.2, -0.15) is 5.10 Å². The Kier molecular flexibility index (Phi) is 3.89. The van der Waals surface area contributed by atoms with Gasteiger partial charge in [0.2, 0.25) is 0 Å². The van der Waals surface area contributed by atoms with Crippen molar-refractivity contribution in [1.29, 1.82) is 0 Å². The third-order valence-corrected chi connectivity index (χ3v) is 3.94. The minimum absolute atomic E-state index is 0.765. The molecule has 0 aromatic carbocycles. The summed E-state index contributed by atoms with van der Waals surface area (Å²) >= 11 is 0. The Morgan fingerprint density at radius 1 is 1.50 bits per heavy atom. The monoisotopic (exact) mass is 274 g/mol. The highest BCUT2D eigenvalue weighted by molar-refractivity contribution is 5.56. The van der Waals surface area contributed by atoms with Crippen molar-refractivity contribution in [2.75, 3.05) is 26.7 Å². The molecule has 1 atom stereocenters. The van der Waals surface area contributed by atoms with Gasteiger partial charge in [0.1, 0.15) is 11.5 Å². The van der Waals surface area contributed by atoms with E-state index in [-0.39, 0.29) is 0 Å². The van der Waals surface area contributed by atoms with Gasteiger partial charge in [-0.25, -0.2) is 0 Å². The number of nitrogens with one attached hydrogen (secondary N) is 2. The molecule has 3 heterocycles. The van der Waals surface area contributed by atoms with Gasteiger partial charge in [0.25, 0.3) is 0 Å². The Labute approximate surface area is 119 Å². The number of aromatic nitrogens is 2. The average Bonchev–Trinajstić information content (AvgIpc) is 3.11. The van der Waals surface area contributed by atoms with Crippen molar-refractivity contribution in [2.45, 2.75) is 19.9 Å². The summed E-state index contributed by atoms with van der Waals surface area (Å²) in [4.78, 5) is 2.39. The largest absolute Gasteiger partial charge is 0.460 e. The molecule has 0 saturated carbocycles. The number of likely N-dealkylation sites (tertiary alicyclic amines) is 1. The van der Waals surface area contributed by atoms with Crippen LogP contribution in [0.3, 0.4) is 0 Å². The van der Waals surface area contributed by atoms with E-state index in [2.05, 4.69) is 27.5 Å². The van der Waals surface area contributed by atoms with Gasteiger partial charge in [-0.15, -0.1) is 0 Å². The molecule has 3 rings (SSSR count). The smallest absolute Gasteiger partial charge is 0.152 e. The molecule has 0 amide bonds. The van der Waals surface area contributed by atoms with Crippen LogP contribution in [0, 0.1) is 12.8 Å². The second-order valence-corrected chi connectivity index (χ2v) is 5.73. The zero-order chi connectivity index (χ0) is 13.9. The molecule has 0 spiro atoms. The van der Waals surface area contributed by atoms with Gasteiger partial charge in [0.15, 0.2) is 5.76 Å². The molecular weight excluding hydrogens is 252 g/mol. The molecule has 2 N–H and O–H groups in total. The first-order valence-electron chi connectivity index (χ1n) is 7.20. The number of hydrogen-bond acceptors (Lipinski definition) is 4. The molecule has 1 aliphatic rings. The van der Waals surface area contributed by atoms with Crippen molar-refractivity contribution in [2.24, 2.45) is 5.92 Å². The summed E-state index contributed by atoms with van der Waals surface area (Å²) in [5.74, 6) is 2.54. The number of H-pyrrole nitrogens is 1. The Morgan fingerprint density at radius 3 is 3.10 bits per heavy atom. The summed E-state index contributed by atoms with van der Waals surface area (Å²) < 4.78 is 5.66. The number of nitrogens with zero attached hydrogens (tertiary/aromatic N) is 2. The molecule has 2 aromatic rings. The van der Waals surface area contributed by atoms with Crippen LogP contribution in [0.5, 0.6) is 0 Å². The summed E-state index contributed by atoms with van der Waals surface area (Å²) in [5, 5.41) is 10.7. The van der Waals surface area contributed by atoms with E-state index in [9.17, 15) is 0 Å². The van der Waals surface area contributed by atoms with Crippen LogP contribution in [0.2, 0.25) is 0 Å². The van der Waals surface area contributed by atoms with Gasteiger partial charge in [-0.05, 0) is 51.5 Å². The van der Waals surface area contributed by atoms with Crippen LogP contribution in [0.25, 0.3) is 11.5 Å². The van der Waals surface area contributed by atoms with Crippen molar-refractivity contribution >= 4 is 0 Å². The Morgan fingerprint density at radius 2 is 2.40 bits per heavy atom. The molecule has 1 aliphatic heterocycles. The summed E-state index contributed by atoms with van der Waals surface area (Å²) in [7, 11) is 2.19. The highest BCUT2D eigenvalue weighted by Crippen LogP contribution is 2.23. The van der Waals surface area contributed by atoms with E-state index in [1.54, 1.807) is 0 Å². The Hall–Kier alpha value is -1.59. The zero-order valence-electron chi connectivity index (χ0n) is 12.1. The second kappa shape index (κ2) is 5.81. The highest BCUT2D eigenvalue weighted by Gasteiger charge is 2.19. The molecule has 20 heavy (non-hydrogen) atoms. The molecule has 1 unspecified atom stereocenters. The number of rotatable bonds is 5. The van der Waals surface area contributed by atoms with Gasteiger partial charge >= 0.3 is 0 Å². The third kappa shape index (κ3) is 2.94. The first kappa shape index (κ1) is 13.4. The quantitative estimate of drug-likeness (QED) is 0.876. The molecule has 5 heteroatoms. The van der Waals surface area contributed by atoms with Gasteiger partial charge in [-0.1, -0.05) is 0 Å². The van der Waals surface area contributed by atoms with E-state index in [0.29, 0.717) is 0 Å². The van der Waals surface area contributed by atoms with E-state index in [0.717, 1.165) is 41.8 Å². The maximum absolute atomic E-state index is 5.66. The fourth-order valence-corrected chi connectivity index (χ4v) is 2.83. The van der Waals surface area contributed by atoms with Gasteiger partial charge in [0.05, 0.1) is 6.20 Å². The van der Waals surface area contributed by atoms with Crippen molar-refractivity contribution in [3.63, 3.8) is 0 Å². The van der Waals surface area contributed by atoms with Crippen LogP contribution in [0.15, 0.2) is 22.7 Å². The Bertz CT molecular complexity index is 560. The number of aromatic amines is 1. The lowest BCUT2D eigenvalue weighted by Crippen LogP contribution is -2.24. The predicted octanol–water partition coefficient (Wildman–Crippen LogP) is 2.02. The van der Waals surface area contributed by atoms with Gasteiger partial charge in [-0.3, -0.25) is 5.10 Å². The molecule has 5 nitrogen and oxygen atoms in total.